The molecule has 0 atom stereocenters. The van der Waals surface area contributed by atoms with Crippen LogP contribution < -0.4 is 10.1 Å². The molecule has 0 unspecified atom stereocenters. The van der Waals surface area contributed by atoms with Gasteiger partial charge in [-0.05, 0) is 55.3 Å². The summed E-state index contributed by atoms with van der Waals surface area (Å²) < 4.78 is 7.18. The maximum atomic E-state index is 12.6. The van der Waals surface area contributed by atoms with Gasteiger partial charge >= 0.3 is 0 Å². The third kappa shape index (κ3) is 5.21. The van der Waals surface area contributed by atoms with Crippen molar-refractivity contribution < 1.29 is 9.53 Å². The maximum Gasteiger partial charge on any atom is 0.234 e. The van der Waals surface area contributed by atoms with E-state index < -0.39 is 0 Å². The lowest BCUT2D eigenvalue weighted by molar-refractivity contribution is -0.113. The molecular formula is C25H23ClN4O2S. The molecule has 0 aliphatic carbocycles. The van der Waals surface area contributed by atoms with Crippen molar-refractivity contribution in [3.8, 4) is 22.8 Å². The first-order valence-electron chi connectivity index (χ1n) is 10.3. The summed E-state index contributed by atoms with van der Waals surface area (Å²) in [7, 11) is 1.59. The van der Waals surface area contributed by atoms with E-state index in [2.05, 4.69) is 33.7 Å². The normalized spacial score (nSPS) is 10.8. The van der Waals surface area contributed by atoms with E-state index in [0.29, 0.717) is 27.4 Å². The average Bonchev–Trinajstić information content (AvgIpc) is 3.23. The molecule has 0 saturated carbocycles. The minimum absolute atomic E-state index is 0.150. The summed E-state index contributed by atoms with van der Waals surface area (Å²) in [6, 6.07) is 21.0. The number of thioether (sulfide) groups is 1. The van der Waals surface area contributed by atoms with E-state index in [1.54, 1.807) is 13.2 Å². The van der Waals surface area contributed by atoms with Crippen LogP contribution in [0.25, 0.3) is 17.1 Å². The standard InChI is InChI=1S/C25H23ClN4O2S/c1-16-11-12-17(2)22(13-16)30-24(20-9-4-5-10-21(20)26)28-29-25(30)33-15-23(31)27-18-7-6-8-19(14-18)32-3/h4-14H,15H2,1-3H3,(H,27,31). The zero-order valence-corrected chi connectivity index (χ0v) is 20.1. The number of amides is 1. The highest BCUT2D eigenvalue weighted by Crippen LogP contribution is 2.33. The number of aryl methyl sites for hydroxylation is 2. The SMILES string of the molecule is COc1cccc(NC(=O)CSc2nnc(-c3ccccc3Cl)n2-c2cc(C)ccc2C)c1. The lowest BCUT2D eigenvalue weighted by Crippen LogP contribution is -2.14. The monoisotopic (exact) mass is 478 g/mol. The number of carbonyl (C=O) groups excluding carboxylic acids is 1. The minimum Gasteiger partial charge on any atom is -0.497 e. The number of carbonyl (C=O) groups is 1. The molecule has 0 bridgehead atoms. The smallest absolute Gasteiger partial charge is 0.234 e. The van der Waals surface area contributed by atoms with Gasteiger partial charge in [-0.15, -0.1) is 10.2 Å². The highest BCUT2D eigenvalue weighted by Gasteiger charge is 2.20. The van der Waals surface area contributed by atoms with E-state index >= 15 is 0 Å². The molecule has 0 spiro atoms. The van der Waals surface area contributed by atoms with Gasteiger partial charge in [-0.2, -0.15) is 0 Å². The zero-order chi connectivity index (χ0) is 23.4. The van der Waals surface area contributed by atoms with Crippen LogP contribution in [0.4, 0.5) is 5.69 Å². The van der Waals surface area contributed by atoms with Gasteiger partial charge in [-0.25, -0.2) is 0 Å². The van der Waals surface area contributed by atoms with Gasteiger partial charge in [0.05, 0.1) is 23.6 Å². The van der Waals surface area contributed by atoms with Crippen molar-refractivity contribution in [2.45, 2.75) is 19.0 Å². The van der Waals surface area contributed by atoms with Gasteiger partial charge in [0.15, 0.2) is 11.0 Å². The Morgan fingerprint density at radius 1 is 1.06 bits per heavy atom. The third-order valence-corrected chi connectivity index (χ3v) is 6.30. The Morgan fingerprint density at radius 3 is 2.67 bits per heavy atom. The quantitative estimate of drug-likeness (QED) is 0.333. The summed E-state index contributed by atoms with van der Waals surface area (Å²) in [5.41, 5.74) is 4.58. The van der Waals surface area contributed by atoms with Crippen LogP contribution in [0.1, 0.15) is 11.1 Å². The molecule has 0 saturated heterocycles. The van der Waals surface area contributed by atoms with Crippen LogP contribution in [0, 0.1) is 13.8 Å². The highest BCUT2D eigenvalue weighted by atomic mass is 35.5. The summed E-state index contributed by atoms with van der Waals surface area (Å²) in [5, 5.41) is 12.9. The van der Waals surface area contributed by atoms with Crippen LogP contribution in [-0.4, -0.2) is 33.5 Å². The number of halogens is 1. The topological polar surface area (TPSA) is 69.0 Å². The highest BCUT2D eigenvalue weighted by molar-refractivity contribution is 7.99. The zero-order valence-electron chi connectivity index (χ0n) is 18.5. The fourth-order valence-electron chi connectivity index (χ4n) is 3.39. The Labute approximate surface area is 202 Å². The molecule has 1 heterocycles. The van der Waals surface area contributed by atoms with E-state index in [4.69, 9.17) is 16.3 Å². The van der Waals surface area contributed by atoms with Crippen molar-refractivity contribution in [1.82, 2.24) is 14.8 Å². The second-order valence-corrected chi connectivity index (χ2v) is 8.83. The number of aromatic nitrogens is 3. The molecule has 3 aromatic carbocycles. The van der Waals surface area contributed by atoms with Crippen LogP contribution in [-0.2, 0) is 4.79 Å². The van der Waals surface area contributed by atoms with Crippen molar-refractivity contribution in [2.24, 2.45) is 0 Å². The lowest BCUT2D eigenvalue weighted by Gasteiger charge is -2.14. The molecule has 4 rings (SSSR count). The molecule has 8 heteroatoms. The molecule has 4 aromatic rings. The number of hydrogen-bond acceptors (Lipinski definition) is 5. The number of methoxy groups -OCH3 is 1. The van der Waals surface area contributed by atoms with Gasteiger partial charge in [0.2, 0.25) is 5.91 Å². The lowest BCUT2D eigenvalue weighted by atomic mass is 10.1. The number of nitrogens with zero attached hydrogens (tertiary/aromatic N) is 3. The van der Waals surface area contributed by atoms with Crippen molar-refractivity contribution in [3.05, 3.63) is 82.9 Å². The molecule has 33 heavy (non-hydrogen) atoms. The Hall–Kier alpha value is -3.29. The molecular weight excluding hydrogens is 456 g/mol. The predicted octanol–water partition coefficient (Wildman–Crippen LogP) is 5.94. The number of nitrogens with one attached hydrogen (secondary N) is 1. The molecule has 6 nitrogen and oxygen atoms in total. The molecule has 1 N–H and O–H groups in total. The molecule has 0 aliphatic rings. The van der Waals surface area contributed by atoms with Crippen LogP contribution in [0.3, 0.4) is 0 Å². The second-order valence-electron chi connectivity index (χ2n) is 7.48. The number of ether oxygens (including phenoxy) is 1. The summed E-state index contributed by atoms with van der Waals surface area (Å²) in [6.07, 6.45) is 0. The number of hydrogen-bond donors (Lipinski definition) is 1. The maximum absolute atomic E-state index is 12.6. The second kappa shape index (κ2) is 10.1. The van der Waals surface area contributed by atoms with E-state index in [9.17, 15) is 4.79 Å². The Kier molecular flexibility index (Phi) is 7.01. The largest absolute Gasteiger partial charge is 0.497 e. The fourth-order valence-corrected chi connectivity index (χ4v) is 4.35. The molecule has 1 aromatic heterocycles. The van der Waals surface area contributed by atoms with E-state index in [1.807, 2.05) is 60.9 Å². The summed E-state index contributed by atoms with van der Waals surface area (Å²) in [4.78, 5) is 12.6. The van der Waals surface area contributed by atoms with Crippen LogP contribution in [0.2, 0.25) is 5.02 Å². The molecule has 1 amide bonds. The van der Waals surface area contributed by atoms with E-state index in [0.717, 1.165) is 22.4 Å². The van der Waals surface area contributed by atoms with E-state index in [-0.39, 0.29) is 11.7 Å². The number of rotatable bonds is 7. The molecule has 0 fully saturated rings. The Morgan fingerprint density at radius 2 is 1.88 bits per heavy atom. The van der Waals surface area contributed by atoms with Gasteiger partial charge in [0.1, 0.15) is 5.75 Å². The van der Waals surface area contributed by atoms with Crippen molar-refractivity contribution >= 4 is 35.0 Å². The molecule has 0 aliphatic heterocycles. The Balaban J connectivity index is 1.65. The predicted molar refractivity (Wildman–Crippen MR) is 134 cm³/mol. The van der Waals surface area contributed by atoms with Crippen molar-refractivity contribution in [3.63, 3.8) is 0 Å². The van der Waals surface area contributed by atoms with Gasteiger partial charge in [-0.3, -0.25) is 9.36 Å². The van der Waals surface area contributed by atoms with Gasteiger partial charge in [0.25, 0.3) is 0 Å². The van der Waals surface area contributed by atoms with E-state index in [1.165, 1.54) is 11.8 Å². The first-order valence-corrected chi connectivity index (χ1v) is 11.7. The minimum atomic E-state index is -0.150. The number of benzene rings is 3. The average molecular weight is 479 g/mol. The van der Waals surface area contributed by atoms with Crippen LogP contribution >= 0.6 is 23.4 Å². The summed E-state index contributed by atoms with van der Waals surface area (Å²) >= 11 is 7.80. The van der Waals surface area contributed by atoms with Crippen molar-refractivity contribution in [2.75, 3.05) is 18.2 Å². The fraction of sp³-hybridized carbons (Fsp3) is 0.160. The van der Waals surface area contributed by atoms with Gasteiger partial charge < -0.3 is 10.1 Å². The Bertz CT molecular complexity index is 1310. The third-order valence-electron chi connectivity index (χ3n) is 5.04. The van der Waals surface area contributed by atoms with Gasteiger partial charge in [0, 0.05) is 17.3 Å². The summed E-state index contributed by atoms with van der Waals surface area (Å²) in [6.45, 7) is 4.08. The molecule has 0 radical (unpaired) electrons. The number of anilines is 1. The molecule has 168 valence electrons. The van der Waals surface area contributed by atoms with Crippen molar-refractivity contribution in [1.29, 1.82) is 0 Å². The van der Waals surface area contributed by atoms with Crippen LogP contribution in [0.5, 0.6) is 5.75 Å². The van der Waals surface area contributed by atoms with Crippen LogP contribution in [0.15, 0.2) is 71.9 Å². The summed E-state index contributed by atoms with van der Waals surface area (Å²) in [5.74, 6) is 1.33. The van der Waals surface area contributed by atoms with Gasteiger partial charge in [-0.1, -0.05) is 53.7 Å². The first-order chi connectivity index (χ1) is 16.0. The first kappa shape index (κ1) is 22.9.